The fourth-order valence-electron chi connectivity index (χ4n) is 9.55. The van der Waals surface area contributed by atoms with Crippen LogP contribution >= 0.6 is 0 Å². The molecule has 0 saturated heterocycles. The van der Waals surface area contributed by atoms with Crippen LogP contribution in [0, 0.1) is 41.4 Å². The van der Waals surface area contributed by atoms with E-state index in [0.29, 0.717) is 44.3 Å². The van der Waals surface area contributed by atoms with Crippen LogP contribution in [0.4, 0.5) is 0 Å². The van der Waals surface area contributed by atoms with Gasteiger partial charge < -0.3 is 14.2 Å². The van der Waals surface area contributed by atoms with Gasteiger partial charge in [-0.3, -0.25) is 24.0 Å². The van der Waals surface area contributed by atoms with E-state index >= 15 is 0 Å². The monoisotopic (exact) mass is 764 g/mol. The number of aryl methyl sites for hydroxylation is 1. The van der Waals surface area contributed by atoms with E-state index in [9.17, 15) is 24.0 Å². The fourth-order valence-corrected chi connectivity index (χ4v) is 9.55. The molecule has 6 atom stereocenters. The van der Waals surface area contributed by atoms with Crippen molar-refractivity contribution in [1.82, 2.24) is 0 Å². The van der Waals surface area contributed by atoms with Crippen LogP contribution in [-0.2, 0) is 28.7 Å². The summed E-state index contributed by atoms with van der Waals surface area (Å²) in [5.74, 6) is -1.09. The molecule has 4 aliphatic carbocycles. The van der Waals surface area contributed by atoms with Crippen molar-refractivity contribution in [2.45, 2.75) is 131 Å². The van der Waals surface area contributed by atoms with Crippen LogP contribution in [0.3, 0.4) is 0 Å². The first-order chi connectivity index (χ1) is 26.6. The van der Waals surface area contributed by atoms with Gasteiger partial charge in [0, 0.05) is 47.8 Å². The minimum absolute atomic E-state index is 0.0294. The van der Waals surface area contributed by atoms with E-state index in [-0.39, 0.29) is 54.0 Å². The maximum Gasteiger partial charge on any atom is 0.306 e. The van der Waals surface area contributed by atoms with E-state index in [2.05, 4.69) is 24.8 Å². The van der Waals surface area contributed by atoms with Gasteiger partial charge in [0.05, 0.1) is 13.5 Å². The number of ketones is 4. The molecule has 0 bridgehead atoms. The van der Waals surface area contributed by atoms with Crippen LogP contribution < -0.4 is 9.47 Å². The maximum atomic E-state index is 14.8. The summed E-state index contributed by atoms with van der Waals surface area (Å²) >= 11 is 0. The van der Waals surface area contributed by atoms with Crippen molar-refractivity contribution < 1.29 is 38.2 Å². The van der Waals surface area contributed by atoms with E-state index in [1.807, 2.05) is 52.8 Å². The predicted molar refractivity (Wildman–Crippen MR) is 218 cm³/mol. The van der Waals surface area contributed by atoms with Gasteiger partial charge in [0.15, 0.2) is 0 Å². The Morgan fingerprint density at radius 3 is 2.32 bits per heavy atom. The van der Waals surface area contributed by atoms with Crippen molar-refractivity contribution in [3.8, 4) is 11.5 Å². The number of methoxy groups -OCH3 is 1. The Labute approximate surface area is 332 Å². The highest BCUT2D eigenvalue weighted by Gasteiger charge is 2.59. The van der Waals surface area contributed by atoms with Crippen molar-refractivity contribution in [2.24, 2.45) is 34.5 Å². The normalized spacial score (nSPS) is 25.3. The van der Waals surface area contributed by atoms with Gasteiger partial charge in [0.1, 0.15) is 46.8 Å². The molecule has 0 amide bonds. The smallest absolute Gasteiger partial charge is 0.306 e. The summed E-state index contributed by atoms with van der Waals surface area (Å²) < 4.78 is 18.5. The Morgan fingerprint density at radius 1 is 0.982 bits per heavy atom. The standard InChI is InChI=1S/C48H60O8/c1-9-33-26-48(33,29(4)49)27-42(51)39-23-36(24-40(39)46(53)41(47(5,6)7)25-45(52)56-35-13-11-12-14-35)55-44-22-32(31-16-15-30(19-31)20-34(50)10-2)21-38-28(3)43(54-8)18-17-37(38)44/h9,16-19,21-22,33,35-36,39-41H,1,10-15,20,23-27H2,2-8H3. The molecule has 6 unspecified atom stereocenters. The Kier molecular flexibility index (Phi) is 12.3. The number of esters is 1. The number of hydrogen-bond acceptors (Lipinski definition) is 8. The molecular formula is C48H60O8. The number of carbonyl (C=O) groups is 5. The number of fused-ring (bicyclic) bond motifs is 1. The highest BCUT2D eigenvalue weighted by Crippen LogP contribution is 2.58. The molecule has 0 aliphatic heterocycles. The van der Waals surface area contributed by atoms with E-state index in [4.69, 9.17) is 14.2 Å². The van der Waals surface area contributed by atoms with Crippen LogP contribution in [0.15, 0.2) is 54.6 Å². The lowest BCUT2D eigenvalue weighted by Gasteiger charge is -2.32. The molecule has 300 valence electrons. The van der Waals surface area contributed by atoms with E-state index in [1.54, 1.807) is 20.1 Å². The topological polar surface area (TPSA) is 113 Å². The second-order valence-corrected chi connectivity index (χ2v) is 17.9. The van der Waals surface area contributed by atoms with Gasteiger partial charge in [-0.15, -0.1) is 6.58 Å². The Hall–Kier alpha value is -4.33. The van der Waals surface area contributed by atoms with Crippen LogP contribution in [0.25, 0.3) is 16.3 Å². The number of hydrogen-bond donors (Lipinski definition) is 0. The SMILES string of the molecule is C=CC1CC1(CC(=O)C1CC(Oc2cc(C3=CCC(CC(=O)CC)=C3)cc3c(C)c(OC)ccc23)CC1C(=O)C(CC(=O)OC1CCCC1)C(C)(C)C)C(C)=O. The maximum absolute atomic E-state index is 14.8. The van der Waals surface area contributed by atoms with Gasteiger partial charge in [0.25, 0.3) is 0 Å². The van der Waals surface area contributed by atoms with Gasteiger partial charge >= 0.3 is 5.97 Å². The van der Waals surface area contributed by atoms with Crippen molar-refractivity contribution >= 4 is 45.4 Å². The third-order valence-electron chi connectivity index (χ3n) is 13.2. The summed E-state index contributed by atoms with van der Waals surface area (Å²) in [5.41, 5.74) is 2.66. The van der Waals surface area contributed by atoms with E-state index in [1.165, 1.54) is 0 Å². The minimum Gasteiger partial charge on any atom is -0.496 e. The zero-order chi connectivity index (χ0) is 40.5. The summed E-state index contributed by atoms with van der Waals surface area (Å²) in [6.07, 6.45) is 12.0. The lowest BCUT2D eigenvalue weighted by Crippen LogP contribution is -2.39. The van der Waals surface area contributed by atoms with Crippen molar-refractivity contribution in [1.29, 1.82) is 0 Å². The van der Waals surface area contributed by atoms with E-state index < -0.39 is 34.7 Å². The highest BCUT2D eigenvalue weighted by atomic mass is 16.5. The molecule has 2 aromatic rings. The molecule has 8 heteroatoms. The lowest BCUT2D eigenvalue weighted by atomic mass is 9.70. The predicted octanol–water partition coefficient (Wildman–Crippen LogP) is 9.86. The number of benzene rings is 2. The Morgan fingerprint density at radius 2 is 1.70 bits per heavy atom. The summed E-state index contributed by atoms with van der Waals surface area (Å²) in [5, 5.41) is 1.85. The Balaban J connectivity index is 1.34. The first kappa shape index (κ1) is 41.3. The van der Waals surface area contributed by atoms with Crippen LogP contribution in [0.5, 0.6) is 11.5 Å². The number of Topliss-reactive ketones (excluding diaryl/α,β-unsaturated/α-hetero) is 4. The molecule has 0 aromatic heterocycles. The molecule has 0 radical (unpaired) electrons. The highest BCUT2D eigenvalue weighted by molar-refractivity contribution is 5.98. The number of allylic oxidation sites excluding steroid dienone is 5. The zero-order valence-corrected chi connectivity index (χ0v) is 34.5. The average molecular weight is 765 g/mol. The van der Waals surface area contributed by atoms with Gasteiger partial charge in [0.2, 0.25) is 0 Å². The molecule has 3 saturated carbocycles. The zero-order valence-electron chi connectivity index (χ0n) is 34.5. The Bertz CT molecular complexity index is 1970. The molecule has 56 heavy (non-hydrogen) atoms. The first-order valence-electron chi connectivity index (χ1n) is 20.7. The largest absolute Gasteiger partial charge is 0.496 e. The van der Waals surface area contributed by atoms with Crippen LogP contribution in [-0.4, -0.2) is 48.4 Å². The van der Waals surface area contributed by atoms with Crippen molar-refractivity contribution in [2.75, 3.05) is 7.11 Å². The van der Waals surface area contributed by atoms with E-state index in [0.717, 1.165) is 64.5 Å². The molecule has 2 aromatic carbocycles. The molecule has 0 spiro atoms. The molecule has 4 aliphatic rings. The van der Waals surface area contributed by atoms with Crippen LogP contribution in [0.1, 0.15) is 123 Å². The van der Waals surface area contributed by atoms with Crippen molar-refractivity contribution in [3.63, 3.8) is 0 Å². The molecule has 0 N–H and O–H groups in total. The molecular weight excluding hydrogens is 705 g/mol. The third kappa shape index (κ3) is 8.64. The van der Waals surface area contributed by atoms with Gasteiger partial charge in [-0.2, -0.15) is 0 Å². The molecule has 8 nitrogen and oxygen atoms in total. The second-order valence-electron chi connectivity index (χ2n) is 17.9. The number of rotatable bonds is 17. The fraction of sp³-hybridized carbons (Fsp3) is 0.562. The quantitative estimate of drug-likeness (QED) is 0.116. The van der Waals surface area contributed by atoms with Crippen molar-refractivity contribution in [3.05, 3.63) is 65.8 Å². The average Bonchev–Trinajstić information content (AvgIpc) is 3.57. The molecule has 6 rings (SSSR count). The molecule has 3 fully saturated rings. The van der Waals surface area contributed by atoms with Gasteiger partial charge in [-0.25, -0.2) is 0 Å². The number of carbonyl (C=O) groups excluding carboxylic acids is 5. The third-order valence-corrected chi connectivity index (χ3v) is 13.2. The molecule has 0 heterocycles. The summed E-state index contributed by atoms with van der Waals surface area (Å²) in [4.78, 5) is 67.8. The summed E-state index contributed by atoms with van der Waals surface area (Å²) in [6.45, 7) is 15.2. The van der Waals surface area contributed by atoms with Gasteiger partial charge in [-0.05, 0) is 123 Å². The summed E-state index contributed by atoms with van der Waals surface area (Å²) in [6, 6.07) is 8.06. The second kappa shape index (κ2) is 16.6. The number of ether oxygens (including phenoxy) is 3. The minimum atomic E-state index is -0.774. The lowest BCUT2D eigenvalue weighted by molar-refractivity contribution is -0.154. The first-order valence-corrected chi connectivity index (χ1v) is 20.7. The van der Waals surface area contributed by atoms with Crippen LogP contribution in [0.2, 0.25) is 0 Å². The summed E-state index contributed by atoms with van der Waals surface area (Å²) in [7, 11) is 1.65. The van der Waals surface area contributed by atoms with Gasteiger partial charge in [-0.1, -0.05) is 51.5 Å².